The second kappa shape index (κ2) is 11.0. The molecular weight excluding hydrogens is 516 g/mol. The third-order valence-corrected chi connectivity index (χ3v) is 8.62. The lowest BCUT2D eigenvalue weighted by atomic mass is 9.52. The van der Waals surface area contributed by atoms with Crippen LogP contribution in [0.15, 0.2) is 146 Å². The van der Waals surface area contributed by atoms with Gasteiger partial charge in [-0.3, -0.25) is 9.59 Å². The second-order valence-electron chi connectivity index (χ2n) is 11.0. The van der Waals surface area contributed by atoms with Crippen LogP contribution in [0.4, 0.5) is 11.4 Å². The van der Waals surface area contributed by atoms with Crippen molar-refractivity contribution in [1.82, 2.24) is 0 Å². The Morgan fingerprint density at radius 1 is 0.405 bits per heavy atom. The van der Waals surface area contributed by atoms with E-state index in [0.717, 1.165) is 44.0 Å². The van der Waals surface area contributed by atoms with E-state index in [1.54, 1.807) is 0 Å². The Hall–Kier alpha value is -5.22. The van der Waals surface area contributed by atoms with E-state index >= 15 is 0 Å². The highest BCUT2D eigenvalue weighted by atomic mass is 16.2. The average molecular weight is 547 g/mol. The van der Waals surface area contributed by atoms with Crippen LogP contribution in [0.3, 0.4) is 0 Å². The van der Waals surface area contributed by atoms with Crippen molar-refractivity contribution in [2.24, 2.45) is 11.8 Å². The van der Waals surface area contributed by atoms with E-state index in [-0.39, 0.29) is 23.7 Å². The Morgan fingerprint density at radius 3 is 1.19 bits per heavy atom. The highest BCUT2D eigenvalue weighted by molar-refractivity contribution is 6.07. The molecular formula is C38H30N2O2. The molecule has 7 rings (SSSR count). The molecule has 2 amide bonds. The van der Waals surface area contributed by atoms with Gasteiger partial charge in [0.2, 0.25) is 11.8 Å². The van der Waals surface area contributed by atoms with Gasteiger partial charge < -0.3 is 10.6 Å². The van der Waals surface area contributed by atoms with Crippen LogP contribution < -0.4 is 10.6 Å². The molecule has 2 N–H and O–H groups in total. The lowest BCUT2D eigenvalue weighted by Crippen LogP contribution is -2.53. The molecule has 0 heterocycles. The maximum Gasteiger partial charge on any atom is 0.228 e. The number of nitrogens with one attached hydrogen (secondary N) is 2. The summed E-state index contributed by atoms with van der Waals surface area (Å²) in [6.45, 7) is 0. The van der Waals surface area contributed by atoms with Gasteiger partial charge in [0.1, 0.15) is 0 Å². The SMILES string of the molecule is O=C(Nc1cccc2ccccc12)C1C(c2ccccc2)C(C(=O)Nc2cccc3ccccc23)C1c1ccccc1. The van der Waals surface area contributed by atoms with E-state index in [1.807, 2.05) is 146 Å². The fourth-order valence-electron chi connectivity index (χ4n) is 6.68. The second-order valence-corrected chi connectivity index (χ2v) is 11.0. The van der Waals surface area contributed by atoms with Gasteiger partial charge in [-0.05, 0) is 34.0 Å². The highest BCUT2D eigenvalue weighted by Crippen LogP contribution is 2.58. The van der Waals surface area contributed by atoms with E-state index < -0.39 is 11.8 Å². The maximum atomic E-state index is 14.3. The van der Waals surface area contributed by atoms with Gasteiger partial charge in [0.05, 0.1) is 11.8 Å². The Kier molecular flexibility index (Phi) is 6.73. The first-order valence-corrected chi connectivity index (χ1v) is 14.4. The summed E-state index contributed by atoms with van der Waals surface area (Å²) in [4.78, 5) is 28.5. The summed E-state index contributed by atoms with van der Waals surface area (Å²) < 4.78 is 0. The summed E-state index contributed by atoms with van der Waals surface area (Å²) >= 11 is 0. The zero-order valence-electron chi connectivity index (χ0n) is 23.0. The van der Waals surface area contributed by atoms with Crippen molar-refractivity contribution in [2.45, 2.75) is 11.8 Å². The molecule has 1 aliphatic carbocycles. The van der Waals surface area contributed by atoms with Crippen molar-refractivity contribution >= 4 is 44.7 Å². The number of rotatable bonds is 6. The van der Waals surface area contributed by atoms with Crippen molar-refractivity contribution < 1.29 is 9.59 Å². The molecule has 0 radical (unpaired) electrons. The Morgan fingerprint density at radius 2 is 0.762 bits per heavy atom. The zero-order valence-corrected chi connectivity index (χ0v) is 23.0. The van der Waals surface area contributed by atoms with Gasteiger partial charge in [0, 0.05) is 34.0 Å². The molecule has 6 aromatic carbocycles. The summed E-state index contributed by atoms with van der Waals surface area (Å²) in [7, 11) is 0. The van der Waals surface area contributed by atoms with Crippen LogP contribution in [0.2, 0.25) is 0 Å². The Balaban J connectivity index is 1.29. The van der Waals surface area contributed by atoms with Crippen LogP contribution in [0.1, 0.15) is 23.0 Å². The average Bonchev–Trinajstić information content (AvgIpc) is 3.02. The molecule has 42 heavy (non-hydrogen) atoms. The molecule has 1 fully saturated rings. The van der Waals surface area contributed by atoms with Gasteiger partial charge in [-0.2, -0.15) is 0 Å². The third-order valence-electron chi connectivity index (χ3n) is 8.62. The van der Waals surface area contributed by atoms with Gasteiger partial charge >= 0.3 is 0 Å². The number of amides is 2. The number of benzene rings is 6. The van der Waals surface area contributed by atoms with E-state index in [0.29, 0.717) is 0 Å². The van der Waals surface area contributed by atoms with Gasteiger partial charge in [0.25, 0.3) is 0 Å². The molecule has 6 aromatic rings. The first-order valence-electron chi connectivity index (χ1n) is 14.4. The monoisotopic (exact) mass is 546 g/mol. The summed E-state index contributed by atoms with van der Waals surface area (Å²) in [5.41, 5.74) is 3.53. The smallest absolute Gasteiger partial charge is 0.228 e. The fourth-order valence-corrected chi connectivity index (χ4v) is 6.68. The molecule has 0 atom stereocenters. The Bertz CT molecular complexity index is 1740. The summed E-state index contributed by atoms with van der Waals surface area (Å²) in [5.74, 6) is -1.61. The normalized spacial score (nSPS) is 19.6. The van der Waals surface area contributed by atoms with Crippen LogP contribution in [0.25, 0.3) is 21.5 Å². The van der Waals surface area contributed by atoms with Crippen molar-refractivity contribution in [1.29, 1.82) is 0 Å². The van der Waals surface area contributed by atoms with Crippen molar-refractivity contribution in [3.8, 4) is 0 Å². The molecule has 0 aliphatic heterocycles. The van der Waals surface area contributed by atoms with Crippen molar-refractivity contribution in [3.63, 3.8) is 0 Å². The van der Waals surface area contributed by atoms with E-state index in [1.165, 1.54) is 0 Å². The molecule has 1 saturated carbocycles. The molecule has 204 valence electrons. The van der Waals surface area contributed by atoms with Gasteiger partial charge in [-0.15, -0.1) is 0 Å². The zero-order chi connectivity index (χ0) is 28.5. The number of hydrogen-bond donors (Lipinski definition) is 2. The maximum absolute atomic E-state index is 14.3. The van der Waals surface area contributed by atoms with E-state index in [2.05, 4.69) is 10.6 Å². The molecule has 0 spiro atoms. The molecule has 0 bridgehead atoms. The van der Waals surface area contributed by atoms with Gasteiger partial charge in [-0.1, -0.05) is 133 Å². The minimum Gasteiger partial charge on any atom is -0.325 e. The number of carbonyl (C=O) groups excluding carboxylic acids is 2. The van der Waals surface area contributed by atoms with Crippen LogP contribution in [-0.4, -0.2) is 11.8 Å². The van der Waals surface area contributed by atoms with Crippen LogP contribution >= 0.6 is 0 Å². The summed E-state index contributed by atoms with van der Waals surface area (Å²) in [5, 5.41) is 10.6. The number of carbonyl (C=O) groups is 2. The van der Waals surface area contributed by atoms with Crippen LogP contribution in [0, 0.1) is 11.8 Å². The number of hydrogen-bond acceptors (Lipinski definition) is 2. The predicted octanol–water partition coefficient (Wildman–Crippen LogP) is 8.38. The lowest BCUT2D eigenvalue weighted by Gasteiger charge is -2.50. The standard InChI is InChI=1S/C38H30N2O2/c41-37(39-31-23-11-19-25-13-7-9-21-29(25)31)35-33(27-15-3-1-4-16-27)36(34(35)28-17-5-2-6-18-28)38(42)40-32-24-12-20-26-14-8-10-22-30(26)32/h1-24,33-36H,(H,39,41)(H,40,42). The third kappa shape index (κ3) is 4.61. The number of fused-ring (bicyclic) bond motifs is 2. The lowest BCUT2D eigenvalue weighted by molar-refractivity contribution is -0.134. The molecule has 1 aliphatic rings. The Labute approximate surface area is 245 Å². The molecule has 0 unspecified atom stereocenters. The van der Waals surface area contributed by atoms with E-state index in [4.69, 9.17) is 0 Å². The van der Waals surface area contributed by atoms with Crippen LogP contribution in [-0.2, 0) is 9.59 Å². The number of anilines is 2. The fraction of sp³-hybridized carbons (Fsp3) is 0.105. The van der Waals surface area contributed by atoms with Crippen LogP contribution in [0.5, 0.6) is 0 Å². The van der Waals surface area contributed by atoms with Gasteiger partial charge in [0.15, 0.2) is 0 Å². The predicted molar refractivity (Wildman–Crippen MR) is 171 cm³/mol. The van der Waals surface area contributed by atoms with Crippen molar-refractivity contribution in [3.05, 3.63) is 157 Å². The molecule has 0 saturated heterocycles. The molecule has 4 heteroatoms. The minimum absolute atomic E-state index is 0.0803. The highest BCUT2D eigenvalue weighted by Gasteiger charge is 2.58. The minimum atomic E-state index is -0.433. The first-order chi connectivity index (χ1) is 20.7. The molecule has 0 aromatic heterocycles. The van der Waals surface area contributed by atoms with E-state index in [9.17, 15) is 9.59 Å². The van der Waals surface area contributed by atoms with Crippen molar-refractivity contribution in [2.75, 3.05) is 10.6 Å². The molecule has 4 nitrogen and oxygen atoms in total. The largest absolute Gasteiger partial charge is 0.325 e. The summed E-state index contributed by atoms with van der Waals surface area (Å²) in [6.07, 6.45) is 0. The topological polar surface area (TPSA) is 58.2 Å². The quantitative estimate of drug-likeness (QED) is 0.220. The van der Waals surface area contributed by atoms with Gasteiger partial charge in [-0.25, -0.2) is 0 Å². The summed E-state index contributed by atoms with van der Waals surface area (Å²) in [6, 6.07) is 47.9. The first kappa shape index (κ1) is 25.7.